The standard InChI is InChI=1S/C18H15ClFN3O5S/c1-11(24)18(25)10-23(29(26,27)17-6-3-12(19)8-22-17)9-16(18)28-13-4-5-15(21-2)14(20)7-13/h3-8,16,25H,9-10H2,1H3/t16-,18+/m0/s1. The molecule has 2 atom stereocenters. The lowest BCUT2D eigenvalue weighted by Gasteiger charge is -2.26. The molecule has 11 heteroatoms. The average Bonchev–Trinajstić information content (AvgIpc) is 3.01. The molecular weight excluding hydrogens is 425 g/mol. The monoisotopic (exact) mass is 439 g/mol. The Morgan fingerprint density at radius 3 is 2.72 bits per heavy atom. The van der Waals surface area contributed by atoms with E-state index in [1.807, 2.05) is 0 Å². The van der Waals surface area contributed by atoms with Crippen LogP contribution in [0.15, 0.2) is 41.6 Å². The normalized spacial score (nSPS) is 22.2. The lowest BCUT2D eigenvalue weighted by Crippen LogP contribution is -2.50. The Morgan fingerprint density at radius 1 is 1.45 bits per heavy atom. The quantitative estimate of drug-likeness (QED) is 0.717. The second-order valence-electron chi connectivity index (χ2n) is 6.42. The number of aliphatic hydroxyl groups is 1. The van der Waals surface area contributed by atoms with Crippen molar-refractivity contribution in [3.8, 4) is 5.75 Å². The number of Topliss-reactive ketones (excluding diaryl/α,β-unsaturated/α-hetero) is 1. The van der Waals surface area contributed by atoms with Crippen molar-refractivity contribution in [2.45, 2.75) is 23.7 Å². The summed E-state index contributed by atoms with van der Waals surface area (Å²) in [5.74, 6) is -1.59. The van der Waals surface area contributed by atoms with Crippen LogP contribution < -0.4 is 4.74 Å². The molecule has 0 saturated carbocycles. The van der Waals surface area contributed by atoms with Crippen LogP contribution in [0.2, 0.25) is 5.02 Å². The van der Waals surface area contributed by atoms with Crippen molar-refractivity contribution in [2.75, 3.05) is 13.1 Å². The van der Waals surface area contributed by atoms with Gasteiger partial charge in [-0.25, -0.2) is 22.6 Å². The van der Waals surface area contributed by atoms with Gasteiger partial charge in [0.1, 0.15) is 17.7 Å². The molecule has 0 unspecified atom stereocenters. The number of sulfonamides is 1. The maximum Gasteiger partial charge on any atom is 0.260 e. The Kier molecular flexibility index (Phi) is 5.60. The molecule has 1 aliphatic heterocycles. The van der Waals surface area contributed by atoms with E-state index in [0.717, 1.165) is 23.5 Å². The fourth-order valence-corrected chi connectivity index (χ4v) is 4.39. The van der Waals surface area contributed by atoms with E-state index in [9.17, 15) is 22.7 Å². The van der Waals surface area contributed by atoms with Crippen LogP contribution in [0.5, 0.6) is 5.75 Å². The van der Waals surface area contributed by atoms with Crippen LogP contribution in [0.3, 0.4) is 0 Å². The first-order chi connectivity index (χ1) is 13.6. The Labute approximate surface area is 171 Å². The summed E-state index contributed by atoms with van der Waals surface area (Å²) in [6, 6.07) is 5.98. The number of hydrogen-bond acceptors (Lipinski definition) is 6. The maximum atomic E-state index is 13.8. The van der Waals surface area contributed by atoms with Gasteiger partial charge in [-0.2, -0.15) is 4.31 Å². The van der Waals surface area contributed by atoms with Crippen LogP contribution in [0.4, 0.5) is 10.1 Å². The smallest absolute Gasteiger partial charge is 0.260 e. The number of carbonyl (C=O) groups excluding carboxylic acids is 1. The van der Waals surface area contributed by atoms with E-state index < -0.39 is 39.9 Å². The zero-order chi connectivity index (χ0) is 21.4. The molecule has 1 saturated heterocycles. The third-order valence-electron chi connectivity index (χ3n) is 4.55. The van der Waals surface area contributed by atoms with Gasteiger partial charge in [-0.3, -0.25) is 4.79 Å². The second kappa shape index (κ2) is 7.68. The van der Waals surface area contributed by atoms with Crippen molar-refractivity contribution in [3.05, 3.63) is 58.8 Å². The van der Waals surface area contributed by atoms with Crippen molar-refractivity contribution in [1.82, 2.24) is 9.29 Å². The molecule has 1 aliphatic rings. The van der Waals surface area contributed by atoms with Crippen LogP contribution in [-0.4, -0.2) is 53.4 Å². The van der Waals surface area contributed by atoms with E-state index in [1.165, 1.54) is 24.3 Å². The van der Waals surface area contributed by atoms with Crippen molar-refractivity contribution < 1.29 is 27.4 Å². The number of halogens is 2. The van der Waals surface area contributed by atoms with E-state index in [-0.39, 0.29) is 28.0 Å². The predicted octanol–water partition coefficient (Wildman–Crippen LogP) is 2.20. The van der Waals surface area contributed by atoms with Crippen LogP contribution in [0.1, 0.15) is 6.92 Å². The highest BCUT2D eigenvalue weighted by atomic mass is 35.5. The highest BCUT2D eigenvalue weighted by Gasteiger charge is 2.54. The molecule has 0 bridgehead atoms. The summed E-state index contributed by atoms with van der Waals surface area (Å²) in [5.41, 5.74) is -2.36. The fourth-order valence-electron chi connectivity index (χ4n) is 2.89. The number of carbonyl (C=O) groups is 1. The molecule has 2 heterocycles. The molecule has 1 fully saturated rings. The lowest BCUT2D eigenvalue weighted by atomic mass is 9.96. The minimum Gasteiger partial charge on any atom is -0.485 e. The van der Waals surface area contributed by atoms with Gasteiger partial charge in [-0.15, -0.1) is 0 Å². The molecule has 29 heavy (non-hydrogen) atoms. The molecule has 0 spiro atoms. The van der Waals surface area contributed by atoms with E-state index in [2.05, 4.69) is 9.83 Å². The van der Waals surface area contributed by atoms with Crippen molar-refractivity contribution in [3.63, 3.8) is 0 Å². The van der Waals surface area contributed by atoms with E-state index >= 15 is 0 Å². The number of hydrogen-bond donors (Lipinski definition) is 1. The highest BCUT2D eigenvalue weighted by molar-refractivity contribution is 7.89. The largest absolute Gasteiger partial charge is 0.485 e. The summed E-state index contributed by atoms with van der Waals surface area (Å²) in [7, 11) is -4.15. The summed E-state index contributed by atoms with van der Waals surface area (Å²) < 4.78 is 46.0. The van der Waals surface area contributed by atoms with Gasteiger partial charge in [0.2, 0.25) is 5.69 Å². The maximum absolute atomic E-state index is 13.8. The van der Waals surface area contributed by atoms with Gasteiger partial charge in [-0.05, 0) is 31.2 Å². The molecule has 1 aromatic carbocycles. The number of β-amino-alcohol motifs (C(OH)–C–C–N with tert-alkyl or cyclic N) is 1. The topological polar surface area (TPSA) is 101 Å². The van der Waals surface area contributed by atoms with Gasteiger partial charge >= 0.3 is 0 Å². The fraction of sp³-hybridized carbons (Fsp3) is 0.278. The third-order valence-corrected chi connectivity index (χ3v) is 6.50. The van der Waals surface area contributed by atoms with Gasteiger partial charge in [0.15, 0.2) is 16.4 Å². The molecule has 8 nitrogen and oxygen atoms in total. The number of ketones is 1. The Hall–Kier alpha value is -2.58. The number of nitrogens with zero attached hydrogens (tertiary/aromatic N) is 3. The second-order valence-corrected chi connectivity index (χ2v) is 8.75. The van der Waals surface area contributed by atoms with Crippen LogP contribution in [0.25, 0.3) is 4.85 Å². The first-order valence-electron chi connectivity index (χ1n) is 8.26. The molecule has 152 valence electrons. The summed E-state index contributed by atoms with van der Waals surface area (Å²) in [5, 5.41) is 10.8. The van der Waals surface area contributed by atoms with Crippen LogP contribution in [-0.2, 0) is 14.8 Å². The van der Waals surface area contributed by atoms with E-state index in [4.69, 9.17) is 22.9 Å². The molecule has 0 aliphatic carbocycles. The average molecular weight is 440 g/mol. The van der Waals surface area contributed by atoms with Crippen molar-refractivity contribution in [2.24, 2.45) is 0 Å². The molecular formula is C18H15ClFN3O5S. The molecule has 2 aromatic rings. The van der Waals surface area contributed by atoms with Gasteiger partial charge < -0.3 is 9.84 Å². The van der Waals surface area contributed by atoms with Gasteiger partial charge in [-0.1, -0.05) is 11.6 Å². The van der Waals surface area contributed by atoms with Gasteiger partial charge in [0.05, 0.1) is 24.7 Å². The summed E-state index contributed by atoms with van der Waals surface area (Å²) in [6.45, 7) is 7.05. The zero-order valence-corrected chi connectivity index (χ0v) is 16.6. The van der Waals surface area contributed by atoms with Crippen molar-refractivity contribution >= 4 is 33.1 Å². The Morgan fingerprint density at radius 2 is 2.17 bits per heavy atom. The first kappa shape index (κ1) is 21.1. The van der Waals surface area contributed by atoms with E-state index in [0.29, 0.717) is 0 Å². The van der Waals surface area contributed by atoms with Crippen LogP contribution in [0, 0.1) is 12.4 Å². The number of pyridine rings is 1. The zero-order valence-electron chi connectivity index (χ0n) is 15.0. The minimum absolute atomic E-state index is 0.0524. The summed E-state index contributed by atoms with van der Waals surface area (Å²) in [4.78, 5) is 18.9. The molecule has 1 N–H and O–H groups in total. The van der Waals surface area contributed by atoms with Gasteiger partial charge in [0.25, 0.3) is 10.0 Å². The van der Waals surface area contributed by atoms with Gasteiger partial charge in [0, 0.05) is 12.3 Å². The molecule has 1 aromatic heterocycles. The number of benzene rings is 1. The first-order valence-corrected chi connectivity index (χ1v) is 10.1. The highest BCUT2D eigenvalue weighted by Crippen LogP contribution is 2.32. The number of aromatic nitrogens is 1. The summed E-state index contributed by atoms with van der Waals surface area (Å²) >= 11 is 5.73. The molecule has 0 radical (unpaired) electrons. The van der Waals surface area contributed by atoms with E-state index in [1.54, 1.807) is 0 Å². The third kappa shape index (κ3) is 3.95. The van der Waals surface area contributed by atoms with Crippen molar-refractivity contribution in [1.29, 1.82) is 0 Å². The van der Waals surface area contributed by atoms with Crippen LogP contribution >= 0.6 is 11.6 Å². The number of rotatable bonds is 5. The lowest BCUT2D eigenvalue weighted by molar-refractivity contribution is -0.140. The predicted molar refractivity (Wildman–Crippen MR) is 101 cm³/mol. The summed E-state index contributed by atoms with van der Waals surface area (Å²) in [6.07, 6.45) is -0.127. The Bertz CT molecular complexity index is 1100. The SMILES string of the molecule is [C-]#[N+]c1ccc(O[C@H]2CN(S(=O)(=O)c3ccc(Cl)cn3)C[C@@]2(O)C(C)=O)cc1F. The Balaban J connectivity index is 1.91. The number of ether oxygens (including phenoxy) is 1. The minimum atomic E-state index is -4.15. The molecule has 3 rings (SSSR count). The molecule has 0 amide bonds.